The Morgan fingerprint density at radius 3 is 2.47 bits per heavy atom. The molecule has 82 valence electrons. The monoisotopic (exact) mass is 207 g/mol. The first-order valence-corrected chi connectivity index (χ1v) is 5.16. The van der Waals surface area contributed by atoms with E-state index < -0.39 is 12.0 Å². The average Bonchev–Trinajstić information content (AvgIpc) is 2.26. The molecule has 0 fully saturated rings. The van der Waals surface area contributed by atoms with Gasteiger partial charge >= 0.3 is 0 Å². The fraction of sp³-hybridized carbons (Fsp3) is 0.417. The Labute approximate surface area is 90.2 Å². The van der Waals surface area contributed by atoms with Gasteiger partial charge in [-0.3, -0.25) is 4.79 Å². The van der Waals surface area contributed by atoms with Crippen molar-refractivity contribution >= 4 is 5.91 Å². The highest BCUT2D eigenvalue weighted by atomic mass is 16.5. The summed E-state index contributed by atoms with van der Waals surface area (Å²) < 4.78 is 5.55. The lowest BCUT2D eigenvalue weighted by atomic mass is 10.0. The van der Waals surface area contributed by atoms with Crippen LogP contribution in [0.25, 0.3) is 0 Å². The van der Waals surface area contributed by atoms with Crippen LogP contribution in [0, 0.1) is 5.92 Å². The Morgan fingerprint density at radius 1 is 1.40 bits per heavy atom. The predicted molar refractivity (Wildman–Crippen MR) is 59.5 cm³/mol. The molecule has 0 aliphatic rings. The van der Waals surface area contributed by atoms with Crippen molar-refractivity contribution in [2.45, 2.75) is 26.4 Å². The number of hydrogen-bond acceptors (Lipinski definition) is 2. The fourth-order valence-corrected chi connectivity index (χ4v) is 1.31. The van der Waals surface area contributed by atoms with Crippen LogP contribution in [0.3, 0.4) is 0 Å². The van der Waals surface area contributed by atoms with Crippen molar-refractivity contribution in [1.82, 2.24) is 0 Å². The number of para-hydroxylation sites is 1. The van der Waals surface area contributed by atoms with Gasteiger partial charge in [0.1, 0.15) is 5.75 Å². The molecule has 0 aromatic heterocycles. The van der Waals surface area contributed by atoms with Crippen LogP contribution < -0.4 is 10.5 Å². The van der Waals surface area contributed by atoms with Crippen molar-refractivity contribution in [3.63, 3.8) is 0 Å². The van der Waals surface area contributed by atoms with E-state index in [4.69, 9.17) is 10.5 Å². The van der Waals surface area contributed by atoms with Crippen LogP contribution in [0.15, 0.2) is 30.3 Å². The second-order valence-corrected chi connectivity index (χ2v) is 3.64. The lowest BCUT2D eigenvalue weighted by Crippen LogP contribution is -2.38. The highest BCUT2D eigenvalue weighted by Gasteiger charge is 2.23. The van der Waals surface area contributed by atoms with Gasteiger partial charge in [-0.2, -0.15) is 0 Å². The highest BCUT2D eigenvalue weighted by Crippen LogP contribution is 2.17. The van der Waals surface area contributed by atoms with E-state index in [9.17, 15) is 4.79 Å². The van der Waals surface area contributed by atoms with Gasteiger partial charge in [-0.15, -0.1) is 0 Å². The first-order valence-electron chi connectivity index (χ1n) is 5.16. The third kappa shape index (κ3) is 3.27. The van der Waals surface area contributed by atoms with Crippen LogP contribution >= 0.6 is 0 Å². The van der Waals surface area contributed by atoms with Gasteiger partial charge in [-0.25, -0.2) is 0 Å². The van der Waals surface area contributed by atoms with Crippen LogP contribution in [-0.4, -0.2) is 12.0 Å². The average molecular weight is 207 g/mol. The van der Waals surface area contributed by atoms with Crippen LogP contribution in [0.1, 0.15) is 20.3 Å². The zero-order valence-electron chi connectivity index (χ0n) is 9.14. The molecular weight excluding hydrogens is 190 g/mol. The van der Waals surface area contributed by atoms with Gasteiger partial charge in [-0.1, -0.05) is 32.0 Å². The van der Waals surface area contributed by atoms with E-state index in [-0.39, 0.29) is 5.92 Å². The highest BCUT2D eigenvalue weighted by molar-refractivity contribution is 5.79. The third-order valence-corrected chi connectivity index (χ3v) is 2.45. The molecule has 2 atom stereocenters. The van der Waals surface area contributed by atoms with Crippen molar-refractivity contribution in [2.24, 2.45) is 11.7 Å². The van der Waals surface area contributed by atoms with E-state index >= 15 is 0 Å². The summed E-state index contributed by atoms with van der Waals surface area (Å²) in [5.74, 6) is 0.400. The quantitative estimate of drug-likeness (QED) is 0.802. The van der Waals surface area contributed by atoms with Gasteiger partial charge in [0.2, 0.25) is 0 Å². The Hall–Kier alpha value is -1.51. The Morgan fingerprint density at radius 2 is 2.00 bits per heavy atom. The summed E-state index contributed by atoms with van der Waals surface area (Å²) in [6, 6.07) is 9.26. The van der Waals surface area contributed by atoms with Crippen molar-refractivity contribution in [2.75, 3.05) is 0 Å². The summed E-state index contributed by atoms with van der Waals surface area (Å²) in [7, 11) is 0. The van der Waals surface area contributed by atoms with E-state index in [1.165, 1.54) is 0 Å². The van der Waals surface area contributed by atoms with Crippen LogP contribution in [-0.2, 0) is 4.79 Å². The summed E-state index contributed by atoms with van der Waals surface area (Å²) >= 11 is 0. The number of ether oxygens (including phenoxy) is 1. The van der Waals surface area contributed by atoms with Crippen molar-refractivity contribution in [3.05, 3.63) is 30.3 Å². The van der Waals surface area contributed by atoms with E-state index in [0.717, 1.165) is 6.42 Å². The van der Waals surface area contributed by atoms with Gasteiger partial charge in [0.05, 0.1) is 0 Å². The second-order valence-electron chi connectivity index (χ2n) is 3.64. The Balaban J connectivity index is 2.71. The first-order chi connectivity index (χ1) is 7.15. The predicted octanol–water partition coefficient (Wildman–Crippen LogP) is 1.97. The lowest BCUT2D eigenvalue weighted by Gasteiger charge is -2.21. The normalized spacial score (nSPS) is 14.3. The van der Waals surface area contributed by atoms with Crippen LogP contribution in [0.2, 0.25) is 0 Å². The molecule has 0 radical (unpaired) electrons. The summed E-state index contributed by atoms with van der Waals surface area (Å²) in [5, 5.41) is 0. The molecule has 2 unspecified atom stereocenters. The number of hydrogen-bond donors (Lipinski definition) is 1. The maximum atomic E-state index is 11.2. The number of carbonyl (C=O) groups excluding carboxylic acids is 1. The van der Waals surface area contributed by atoms with E-state index in [1.807, 2.05) is 44.2 Å². The number of nitrogens with two attached hydrogens (primary N) is 1. The van der Waals surface area contributed by atoms with Crippen molar-refractivity contribution < 1.29 is 9.53 Å². The van der Waals surface area contributed by atoms with Crippen LogP contribution in [0.4, 0.5) is 0 Å². The summed E-state index contributed by atoms with van der Waals surface area (Å²) in [6.45, 7) is 3.97. The number of carbonyl (C=O) groups is 1. The molecule has 3 heteroatoms. The fourth-order valence-electron chi connectivity index (χ4n) is 1.31. The number of rotatable bonds is 5. The molecule has 0 saturated carbocycles. The molecule has 0 bridgehead atoms. The standard InChI is InChI=1S/C12H17NO2/c1-3-9(2)11(12(13)14)15-10-7-5-4-6-8-10/h4-9,11H,3H2,1-2H3,(H2,13,14). The third-order valence-electron chi connectivity index (χ3n) is 2.45. The lowest BCUT2D eigenvalue weighted by molar-refractivity contribution is -0.126. The molecule has 15 heavy (non-hydrogen) atoms. The maximum Gasteiger partial charge on any atom is 0.258 e. The molecular formula is C12H17NO2. The molecule has 1 aromatic carbocycles. The molecule has 1 rings (SSSR count). The topological polar surface area (TPSA) is 52.3 Å². The minimum absolute atomic E-state index is 0.128. The minimum atomic E-state index is -0.544. The zero-order valence-corrected chi connectivity index (χ0v) is 9.14. The maximum absolute atomic E-state index is 11.2. The van der Waals surface area contributed by atoms with E-state index in [2.05, 4.69) is 0 Å². The summed E-state index contributed by atoms with van der Waals surface area (Å²) in [5.41, 5.74) is 5.30. The number of benzene rings is 1. The largest absolute Gasteiger partial charge is 0.480 e. The molecule has 0 spiro atoms. The molecule has 3 nitrogen and oxygen atoms in total. The summed E-state index contributed by atoms with van der Waals surface area (Å²) in [6.07, 6.45) is 0.317. The SMILES string of the molecule is CCC(C)C(Oc1ccccc1)C(N)=O. The van der Waals surface area contributed by atoms with Crippen LogP contribution in [0.5, 0.6) is 5.75 Å². The first kappa shape index (κ1) is 11.6. The molecule has 1 amide bonds. The molecule has 0 saturated heterocycles. The van der Waals surface area contributed by atoms with Gasteiger partial charge in [0.15, 0.2) is 6.10 Å². The van der Waals surface area contributed by atoms with Gasteiger partial charge in [0, 0.05) is 5.92 Å². The molecule has 0 aliphatic carbocycles. The summed E-state index contributed by atoms with van der Waals surface area (Å²) in [4.78, 5) is 11.2. The zero-order chi connectivity index (χ0) is 11.3. The second kappa shape index (κ2) is 5.39. The minimum Gasteiger partial charge on any atom is -0.480 e. The van der Waals surface area contributed by atoms with Crippen molar-refractivity contribution in [1.29, 1.82) is 0 Å². The van der Waals surface area contributed by atoms with Gasteiger partial charge in [-0.05, 0) is 18.6 Å². The van der Waals surface area contributed by atoms with E-state index in [1.54, 1.807) is 0 Å². The Kier molecular flexibility index (Phi) is 4.16. The smallest absolute Gasteiger partial charge is 0.258 e. The van der Waals surface area contributed by atoms with Crippen molar-refractivity contribution in [3.8, 4) is 5.75 Å². The van der Waals surface area contributed by atoms with E-state index in [0.29, 0.717) is 5.75 Å². The number of primary amides is 1. The molecule has 1 aromatic rings. The molecule has 0 heterocycles. The molecule has 0 aliphatic heterocycles. The Bertz CT molecular complexity index is 311. The number of amides is 1. The van der Waals surface area contributed by atoms with Gasteiger partial charge < -0.3 is 10.5 Å². The molecule has 2 N–H and O–H groups in total. The van der Waals surface area contributed by atoms with Gasteiger partial charge in [0.25, 0.3) is 5.91 Å².